The Kier molecular flexibility index (Phi) is 5.69. The van der Waals surface area contributed by atoms with E-state index >= 15 is 0 Å². The first-order chi connectivity index (χ1) is 10.1. The lowest BCUT2D eigenvalue weighted by Gasteiger charge is -2.32. The largest absolute Gasteiger partial charge is 0.496 e. The van der Waals surface area contributed by atoms with Crippen molar-refractivity contribution in [1.82, 2.24) is 0 Å². The van der Waals surface area contributed by atoms with Gasteiger partial charge >= 0.3 is 0 Å². The monoisotopic (exact) mass is 290 g/mol. The molecule has 118 valence electrons. The number of methoxy groups -OCH3 is 1. The predicted molar refractivity (Wildman–Crippen MR) is 87.8 cm³/mol. The number of rotatable bonds is 5. The molecule has 1 N–H and O–H groups in total. The molecule has 1 atom stereocenters. The molecule has 1 saturated carbocycles. The van der Waals surface area contributed by atoms with Gasteiger partial charge in [0.05, 0.1) is 13.2 Å². The molecule has 0 heterocycles. The molecule has 2 heteroatoms. The summed E-state index contributed by atoms with van der Waals surface area (Å²) in [6, 6.07) is 4.18. The van der Waals surface area contributed by atoms with Crippen LogP contribution >= 0.6 is 0 Å². The summed E-state index contributed by atoms with van der Waals surface area (Å²) in [5.41, 5.74) is 3.34. The fourth-order valence-electron chi connectivity index (χ4n) is 3.92. The van der Waals surface area contributed by atoms with E-state index in [0.29, 0.717) is 5.92 Å². The van der Waals surface area contributed by atoms with Crippen molar-refractivity contribution in [2.75, 3.05) is 7.11 Å². The van der Waals surface area contributed by atoms with Crippen LogP contribution in [0.1, 0.15) is 68.2 Å². The second-order valence-corrected chi connectivity index (χ2v) is 6.71. The third kappa shape index (κ3) is 3.79. The van der Waals surface area contributed by atoms with Crippen molar-refractivity contribution >= 4 is 0 Å². The zero-order valence-electron chi connectivity index (χ0n) is 14.0. The minimum atomic E-state index is -0.386. The smallest absolute Gasteiger partial charge is 0.125 e. The first-order valence-corrected chi connectivity index (χ1v) is 8.40. The van der Waals surface area contributed by atoms with Crippen LogP contribution in [0.3, 0.4) is 0 Å². The highest BCUT2D eigenvalue weighted by Crippen LogP contribution is 2.42. The summed E-state index contributed by atoms with van der Waals surface area (Å²) >= 11 is 0. The van der Waals surface area contributed by atoms with Gasteiger partial charge in [0.25, 0.3) is 0 Å². The minimum Gasteiger partial charge on any atom is -0.496 e. The number of aryl methyl sites for hydroxylation is 2. The van der Waals surface area contributed by atoms with Crippen LogP contribution in [0.4, 0.5) is 0 Å². The van der Waals surface area contributed by atoms with Gasteiger partial charge in [-0.15, -0.1) is 0 Å². The third-order valence-electron chi connectivity index (χ3n) is 5.04. The van der Waals surface area contributed by atoms with Gasteiger partial charge in [0.15, 0.2) is 0 Å². The summed E-state index contributed by atoms with van der Waals surface area (Å²) in [4.78, 5) is 0. The van der Waals surface area contributed by atoms with Gasteiger partial charge in [-0.05, 0) is 55.7 Å². The Balaban J connectivity index is 2.12. The number of aliphatic hydroxyl groups is 1. The first kappa shape index (κ1) is 16.4. The average molecular weight is 290 g/mol. The second kappa shape index (κ2) is 7.31. The zero-order chi connectivity index (χ0) is 15.4. The Labute approximate surface area is 129 Å². The van der Waals surface area contributed by atoms with Crippen LogP contribution in [0.25, 0.3) is 0 Å². The van der Waals surface area contributed by atoms with Crippen LogP contribution in [0.15, 0.2) is 12.1 Å². The average Bonchev–Trinajstić information content (AvgIpc) is 2.47. The molecule has 0 spiro atoms. The molecular weight excluding hydrogens is 260 g/mol. The molecule has 1 fully saturated rings. The van der Waals surface area contributed by atoms with Gasteiger partial charge in [0.1, 0.15) is 5.75 Å². The number of ether oxygens (including phenoxy) is 1. The van der Waals surface area contributed by atoms with Crippen molar-refractivity contribution in [3.05, 3.63) is 28.8 Å². The van der Waals surface area contributed by atoms with Gasteiger partial charge in [0.2, 0.25) is 0 Å². The first-order valence-electron chi connectivity index (χ1n) is 8.40. The summed E-state index contributed by atoms with van der Waals surface area (Å²) in [5, 5.41) is 10.9. The molecular formula is C19H30O2. The van der Waals surface area contributed by atoms with Gasteiger partial charge in [-0.1, -0.05) is 38.7 Å². The Bertz CT molecular complexity index is 459. The van der Waals surface area contributed by atoms with Gasteiger partial charge in [-0.25, -0.2) is 0 Å². The van der Waals surface area contributed by atoms with Crippen LogP contribution in [0.2, 0.25) is 0 Å². The summed E-state index contributed by atoms with van der Waals surface area (Å²) in [7, 11) is 1.70. The Morgan fingerprint density at radius 2 is 1.86 bits per heavy atom. The summed E-state index contributed by atoms with van der Waals surface area (Å²) < 4.78 is 5.52. The molecule has 0 aliphatic heterocycles. The summed E-state index contributed by atoms with van der Waals surface area (Å²) in [5.74, 6) is 2.10. The molecule has 1 aromatic rings. The highest BCUT2D eigenvalue weighted by Gasteiger charge is 2.29. The maximum Gasteiger partial charge on any atom is 0.125 e. The maximum absolute atomic E-state index is 10.9. The van der Waals surface area contributed by atoms with Crippen LogP contribution in [0.5, 0.6) is 5.75 Å². The van der Waals surface area contributed by atoms with Gasteiger partial charge in [-0.3, -0.25) is 0 Å². The lowest BCUT2D eigenvalue weighted by Crippen LogP contribution is -2.21. The van der Waals surface area contributed by atoms with Crippen LogP contribution < -0.4 is 4.74 Å². The molecule has 21 heavy (non-hydrogen) atoms. The lowest BCUT2D eigenvalue weighted by molar-refractivity contribution is 0.0696. The molecule has 2 rings (SSSR count). The summed E-state index contributed by atoms with van der Waals surface area (Å²) in [6.45, 7) is 6.42. The Morgan fingerprint density at radius 3 is 2.43 bits per heavy atom. The van der Waals surface area contributed by atoms with E-state index in [1.807, 2.05) is 6.07 Å². The van der Waals surface area contributed by atoms with E-state index in [1.54, 1.807) is 7.11 Å². The molecule has 1 unspecified atom stereocenters. The van der Waals surface area contributed by atoms with Crippen molar-refractivity contribution in [2.45, 2.75) is 65.4 Å². The van der Waals surface area contributed by atoms with Crippen LogP contribution in [-0.2, 0) is 0 Å². The molecule has 1 aliphatic rings. The van der Waals surface area contributed by atoms with E-state index in [1.165, 1.54) is 31.2 Å². The zero-order valence-corrected chi connectivity index (χ0v) is 14.0. The fraction of sp³-hybridized carbons (Fsp3) is 0.684. The molecule has 2 nitrogen and oxygen atoms in total. The number of benzene rings is 1. The van der Waals surface area contributed by atoms with Crippen molar-refractivity contribution in [3.8, 4) is 5.75 Å². The van der Waals surface area contributed by atoms with E-state index in [2.05, 4.69) is 26.8 Å². The van der Waals surface area contributed by atoms with Crippen molar-refractivity contribution in [2.24, 2.45) is 11.8 Å². The molecule has 1 aliphatic carbocycles. The van der Waals surface area contributed by atoms with Crippen molar-refractivity contribution in [3.63, 3.8) is 0 Å². The number of hydrogen-bond acceptors (Lipinski definition) is 2. The molecule has 0 bridgehead atoms. The minimum absolute atomic E-state index is 0.383. The quantitative estimate of drug-likeness (QED) is 0.831. The Morgan fingerprint density at radius 1 is 1.19 bits per heavy atom. The van der Waals surface area contributed by atoms with Crippen LogP contribution in [-0.4, -0.2) is 12.2 Å². The number of hydrogen-bond donors (Lipinski definition) is 1. The third-order valence-corrected chi connectivity index (χ3v) is 5.04. The van der Waals surface area contributed by atoms with E-state index in [0.717, 1.165) is 35.6 Å². The Hall–Kier alpha value is -1.02. The van der Waals surface area contributed by atoms with Crippen molar-refractivity contribution < 1.29 is 9.84 Å². The van der Waals surface area contributed by atoms with E-state index < -0.39 is 0 Å². The van der Waals surface area contributed by atoms with Gasteiger partial charge in [-0.2, -0.15) is 0 Å². The van der Waals surface area contributed by atoms with Gasteiger partial charge in [0, 0.05) is 5.56 Å². The van der Waals surface area contributed by atoms with E-state index in [-0.39, 0.29) is 6.10 Å². The molecule has 0 radical (unpaired) electrons. The molecule has 1 aromatic carbocycles. The topological polar surface area (TPSA) is 29.5 Å². The molecule has 0 amide bonds. The number of aliphatic hydroxyl groups excluding tert-OH is 1. The highest BCUT2D eigenvalue weighted by atomic mass is 16.5. The lowest BCUT2D eigenvalue weighted by atomic mass is 9.76. The maximum atomic E-state index is 10.9. The van der Waals surface area contributed by atoms with Crippen LogP contribution in [0, 0.1) is 25.7 Å². The van der Waals surface area contributed by atoms with Gasteiger partial charge < -0.3 is 9.84 Å². The fourth-order valence-corrected chi connectivity index (χ4v) is 3.92. The van der Waals surface area contributed by atoms with Crippen molar-refractivity contribution in [1.29, 1.82) is 0 Å². The van der Waals surface area contributed by atoms with E-state index in [9.17, 15) is 5.11 Å². The second-order valence-electron chi connectivity index (χ2n) is 6.71. The van der Waals surface area contributed by atoms with E-state index in [4.69, 9.17) is 4.74 Å². The normalized spacial score (nSPS) is 23.9. The summed E-state index contributed by atoms with van der Waals surface area (Å²) in [6.07, 6.45) is 7.05. The standard InChI is InChI=1S/C19H30O2/c1-5-6-15-7-9-16(10-8-15)19(20)18-14(3)11-13(2)12-17(18)21-4/h11-12,15-16,19-20H,5-10H2,1-4H3. The highest BCUT2D eigenvalue weighted by molar-refractivity contribution is 5.44. The molecule has 0 aromatic heterocycles. The molecule has 0 saturated heterocycles. The predicted octanol–water partition coefficient (Wildman–Crippen LogP) is 4.95. The SMILES string of the molecule is CCCC1CCC(C(O)c2c(C)cc(C)cc2OC)CC1.